The summed E-state index contributed by atoms with van der Waals surface area (Å²) < 4.78 is 2.04. The number of rotatable bonds is 3. The molecule has 0 atom stereocenters. The topological polar surface area (TPSA) is 55.9 Å². The van der Waals surface area contributed by atoms with E-state index in [4.69, 9.17) is 5.73 Å². The fourth-order valence-electron chi connectivity index (χ4n) is 2.26. The molecule has 0 fully saturated rings. The molecule has 0 spiro atoms. The summed E-state index contributed by atoms with van der Waals surface area (Å²) >= 11 is 0. The third kappa shape index (κ3) is 2.32. The van der Waals surface area contributed by atoms with Crippen LogP contribution in [-0.2, 0) is 13.6 Å². The quantitative estimate of drug-likeness (QED) is 0.716. The average Bonchev–Trinajstić information content (AvgIpc) is 2.74. The summed E-state index contributed by atoms with van der Waals surface area (Å²) in [5, 5.41) is 3.37. The second-order valence-corrected chi connectivity index (χ2v) is 5.08. The van der Waals surface area contributed by atoms with Crippen molar-refractivity contribution in [2.45, 2.75) is 13.5 Å². The van der Waals surface area contributed by atoms with Crippen molar-refractivity contribution < 1.29 is 0 Å². The molecule has 0 saturated carbocycles. The summed E-state index contributed by atoms with van der Waals surface area (Å²) in [7, 11) is 2.00. The van der Waals surface area contributed by atoms with Gasteiger partial charge < -0.3 is 15.6 Å². The van der Waals surface area contributed by atoms with Crippen LogP contribution in [0.2, 0.25) is 0 Å². The van der Waals surface area contributed by atoms with Gasteiger partial charge in [0.1, 0.15) is 0 Å². The second kappa shape index (κ2) is 4.89. The molecule has 4 nitrogen and oxygen atoms in total. The molecule has 2 aromatic carbocycles. The highest BCUT2D eigenvalue weighted by atomic mass is 15.2. The molecule has 1 heterocycles. The maximum Gasteiger partial charge on any atom is 0.203 e. The van der Waals surface area contributed by atoms with E-state index in [1.54, 1.807) is 0 Å². The normalized spacial score (nSPS) is 10.9. The zero-order valence-electron chi connectivity index (χ0n) is 11.7. The molecule has 0 aliphatic carbocycles. The van der Waals surface area contributed by atoms with Gasteiger partial charge in [0.15, 0.2) is 0 Å². The van der Waals surface area contributed by atoms with Gasteiger partial charge in [-0.05, 0) is 30.7 Å². The summed E-state index contributed by atoms with van der Waals surface area (Å²) in [5.41, 5.74) is 11.0. The number of nitrogens with zero attached hydrogens (tertiary/aromatic N) is 2. The van der Waals surface area contributed by atoms with Gasteiger partial charge in [-0.2, -0.15) is 0 Å². The lowest BCUT2D eigenvalue weighted by atomic mass is 10.1. The molecule has 3 N–H and O–H groups in total. The Balaban J connectivity index is 1.84. The smallest absolute Gasteiger partial charge is 0.203 e. The highest BCUT2D eigenvalue weighted by Gasteiger charge is 2.07. The van der Waals surface area contributed by atoms with Crippen LogP contribution < -0.4 is 11.1 Å². The van der Waals surface area contributed by atoms with Gasteiger partial charge in [-0.25, -0.2) is 4.98 Å². The lowest BCUT2D eigenvalue weighted by Gasteiger charge is -2.06. The first-order valence-corrected chi connectivity index (χ1v) is 6.65. The summed E-state index contributed by atoms with van der Waals surface area (Å²) in [4.78, 5) is 4.58. The number of hydrogen-bond donors (Lipinski definition) is 2. The molecular formula is C16H18N4. The van der Waals surface area contributed by atoms with E-state index in [1.807, 2.05) is 29.8 Å². The molecule has 0 aliphatic rings. The summed E-state index contributed by atoms with van der Waals surface area (Å²) in [5.74, 6) is 0.853. The van der Waals surface area contributed by atoms with Crippen molar-refractivity contribution in [3.05, 3.63) is 53.6 Å². The number of fused-ring (bicyclic) bond motifs is 1. The van der Waals surface area contributed by atoms with Crippen LogP contribution >= 0.6 is 0 Å². The second-order valence-electron chi connectivity index (χ2n) is 5.08. The Kier molecular flexibility index (Phi) is 3.06. The molecule has 0 saturated heterocycles. The van der Waals surface area contributed by atoms with Crippen molar-refractivity contribution in [3.8, 4) is 0 Å². The van der Waals surface area contributed by atoms with Crippen LogP contribution in [-0.4, -0.2) is 9.55 Å². The highest BCUT2D eigenvalue weighted by Crippen LogP contribution is 2.20. The van der Waals surface area contributed by atoms with Gasteiger partial charge in [-0.15, -0.1) is 0 Å². The van der Waals surface area contributed by atoms with E-state index in [2.05, 4.69) is 41.5 Å². The van der Waals surface area contributed by atoms with E-state index in [0.29, 0.717) is 0 Å². The van der Waals surface area contributed by atoms with Crippen LogP contribution in [0.1, 0.15) is 11.1 Å². The molecule has 0 bridgehead atoms. The Morgan fingerprint density at radius 1 is 1.15 bits per heavy atom. The van der Waals surface area contributed by atoms with E-state index in [9.17, 15) is 0 Å². The molecule has 3 rings (SSSR count). The largest absolute Gasteiger partial charge is 0.399 e. The first-order chi connectivity index (χ1) is 9.63. The Morgan fingerprint density at radius 2 is 1.90 bits per heavy atom. The predicted octanol–water partition coefficient (Wildman–Crippen LogP) is 3.08. The van der Waals surface area contributed by atoms with E-state index in [1.165, 1.54) is 11.1 Å². The SMILES string of the molecule is Cc1ccc(CNc2nc3cc(N)ccc3n2C)cc1. The molecule has 1 aromatic heterocycles. The fourth-order valence-corrected chi connectivity index (χ4v) is 2.26. The molecule has 0 radical (unpaired) electrons. The van der Waals surface area contributed by atoms with Gasteiger partial charge in [0.25, 0.3) is 0 Å². The van der Waals surface area contributed by atoms with Gasteiger partial charge in [-0.3, -0.25) is 0 Å². The minimum atomic E-state index is 0.737. The van der Waals surface area contributed by atoms with Crippen molar-refractivity contribution in [1.29, 1.82) is 0 Å². The molecular weight excluding hydrogens is 248 g/mol. The van der Waals surface area contributed by atoms with Crippen LogP contribution in [0, 0.1) is 6.92 Å². The first kappa shape index (κ1) is 12.5. The number of imidazole rings is 1. The Hall–Kier alpha value is -2.49. The van der Waals surface area contributed by atoms with E-state index in [-0.39, 0.29) is 0 Å². The molecule has 4 heteroatoms. The Labute approximate surface area is 118 Å². The number of anilines is 2. The van der Waals surface area contributed by atoms with Crippen molar-refractivity contribution in [2.24, 2.45) is 7.05 Å². The van der Waals surface area contributed by atoms with E-state index in [0.717, 1.165) is 29.2 Å². The minimum Gasteiger partial charge on any atom is -0.399 e. The fraction of sp³-hybridized carbons (Fsp3) is 0.188. The zero-order valence-corrected chi connectivity index (χ0v) is 11.7. The summed E-state index contributed by atoms with van der Waals surface area (Å²) in [6, 6.07) is 14.3. The van der Waals surface area contributed by atoms with Crippen molar-refractivity contribution in [3.63, 3.8) is 0 Å². The van der Waals surface area contributed by atoms with Crippen LogP contribution in [0.25, 0.3) is 11.0 Å². The van der Waals surface area contributed by atoms with Crippen molar-refractivity contribution in [2.75, 3.05) is 11.1 Å². The van der Waals surface area contributed by atoms with E-state index >= 15 is 0 Å². The number of hydrogen-bond acceptors (Lipinski definition) is 3. The lowest BCUT2D eigenvalue weighted by Crippen LogP contribution is -2.04. The first-order valence-electron chi connectivity index (χ1n) is 6.65. The Bertz CT molecular complexity index is 741. The number of nitrogen functional groups attached to an aromatic ring is 1. The molecule has 3 aromatic rings. The number of nitrogens with two attached hydrogens (primary N) is 1. The van der Waals surface area contributed by atoms with E-state index < -0.39 is 0 Å². The van der Waals surface area contributed by atoms with Crippen molar-refractivity contribution in [1.82, 2.24) is 9.55 Å². The third-order valence-electron chi connectivity index (χ3n) is 3.48. The van der Waals surface area contributed by atoms with Gasteiger partial charge in [-0.1, -0.05) is 29.8 Å². The van der Waals surface area contributed by atoms with Crippen LogP contribution in [0.4, 0.5) is 11.6 Å². The predicted molar refractivity (Wildman–Crippen MR) is 83.6 cm³/mol. The molecule has 0 amide bonds. The zero-order chi connectivity index (χ0) is 14.1. The van der Waals surface area contributed by atoms with Crippen LogP contribution in [0.15, 0.2) is 42.5 Å². The van der Waals surface area contributed by atoms with Crippen LogP contribution in [0.5, 0.6) is 0 Å². The highest BCUT2D eigenvalue weighted by molar-refractivity contribution is 5.81. The van der Waals surface area contributed by atoms with Crippen LogP contribution in [0.3, 0.4) is 0 Å². The number of aromatic nitrogens is 2. The number of aryl methyl sites for hydroxylation is 2. The maximum atomic E-state index is 5.79. The summed E-state index contributed by atoms with van der Waals surface area (Å²) in [6.07, 6.45) is 0. The van der Waals surface area contributed by atoms with Gasteiger partial charge in [0.2, 0.25) is 5.95 Å². The molecule has 20 heavy (non-hydrogen) atoms. The average molecular weight is 266 g/mol. The number of nitrogens with one attached hydrogen (secondary N) is 1. The maximum absolute atomic E-state index is 5.79. The standard InChI is InChI=1S/C16H18N4/c1-11-3-5-12(6-4-11)10-18-16-19-14-9-13(17)7-8-15(14)20(16)2/h3-9H,10,17H2,1-2H3,(H,18,19). The van der Waals surface area contributed by atoms with Gasteiger partial charge in [0, 0.05) is 19.3 Å². The molecule has 102 valence electrons. The minimum absolute atomic E-state index is 0.737. The lowest BCUT2D eigenvalue weighted by molar-refractivity contribution is 0.927. The number of benzene rings is 2. The Morgan fingerprint density at radius 3 is 2.65 bits per heavy atom. The third-order valence-corrected chi connectivity index (χ3v) is 3.48. The van der Waals surface area contributed by atoms with Crippen molar-refractivity contribution >= 4 is 22.7 Å². The molecule has 0 unspecified atom stereocenters. The monoisotopic (exact) mass is 266 g/mol. The van der Waals surface area contributed by atoms with Gasteiger partial charge >= 0.3 is 0 Å². The molecule has 0 aliphatic heterocycles. The van der Waals surface area contributed by atoms with Gasteiger partial charge in [0.05, 0.1) is 11.0 Å². The summed E-state index contributed by atoms with van der Waals surface area (Å²) in [6.45, 7) is 2.85.